The van der Waals surface area contributed by atoms with E-state index in [2.05, 4.69) is 11.9 Å². The molecule has 1 fully saturated rings. The van der Waals surface area contributed by atoms with Gasteiger partial charge in [-0.1, -0.05) is 61.7 Å². The first-order chi connectivity index (χ1) is 13.9. The van der Waals surface area contributed by atoms with Crippen LogP contribution in [0.25, 0.3) is 11.6 Å². The molecule has 150 valence electrons. The standard InChI is InChI=1S/C24H23ClFNO2/c1-16(18-5-3-2-4-6-18)23(28)27-24(29)22(19-9-13-21(26)14-10-19)15-17-7-11-20(25)12-8-17/h7-15,18H,1-6H2,(H,27,28,29)/b22-15+. The van der Waals surface area contributed by atoms with Gasteiger partial charge < -0.3 is 0 Å². The van der Waals surface area contributed by atoms with Crippen LogP contribution in [0.15, 0.2) is 60.7 Å². The number of amides is 2. The number of imide groups is 1. The van der Waals surface area contributed by atoms with Gasteiger partial charge >= 0.3 is 0 Å². The summed E-state index contributed by atoms with van der Waals surface area (Å²) in [5.74, 6) is -1.28. The van der Waals surface area contributed by atoms with Gasteiger partial charge in [-0.05, 0) is 60.2 Å². The van der Waals surface area contributed by atoms with Gasteiger partial charge in [-0.3, -0.25) is 14.9 Å². The van der Waals surface area contributed by atoms with Crippen LogP contribution >= 0.6 is 11.6 Å². The largest absolute Gasteiger partial charge is 0.288 e. The molecule has 29 heavy (non-hydrogen) atoms. The fraction of sp³-hybridized carbons (Fsp3) is 0.250. The zero-order valence-electron chi connectivity index (χ0n) is 16.1. The van der Waals surface area contributed by atoms with E-state index in [9.17, 15) is 14.0 Å². The summed E-state index contributed by atoms with van der Waals surface area (Å²) >= 11 is 5.93. The monoisotopic (exact) mass is 411 g/mol. The summed E-state index contributed by atoms with van der Waals surface area (Å²) in [6.45, 7) is 3.92. The van der Waals surface area contributed by atoms with E-state index in [4.69, 9.17) is 11.6 Å². The van der Waals surface area contributed by atoms with Crippen LogP contribution in [-0.4, -0.2) is 11.8 Å². The van der Waals surface area contributed by atoms with E-state index in [-0.39, 0.29) is 11.5 Å². The Balaban J connectivity index is 1.83. The molecule has 1 aliphatic carbocycles. The highest BCUT2D eigenvalue weighted by Crippen LogP contribution is 2.29. The number of benzene rings is 2. The SMILES string of the molecule is C=C(C(=O)NC(=O)/C(=C/c1ccc(Cl)cc1)c1ccc(F)cc1)C1CCCCC1. The molecule has 0 aromatic heterocycles. The maximum absolute atomic E-state index is 13.3. The van der Waals surface area contributed by atoms with Gasteiger partial charge in [-0.15, -0.1) is 0 Å². The molecule has 5 heteroatoms. The lowest BCUT2D eigenvalue weighted by atomic mass is 9.84. The van der Waals surface area contributed by atoms with Crippen LogP contribution in [0.2, 0.25) is 5.02 Å². The van der Waals surface area contributed by atoms with Gasteiger partial charge in [0.1, 0.15) is 5.82 Å². The second-order valence-corrected chi connectivity index (χ2v) is 7.70. The van der Waals surface area contributed by atoms with Crippen molar-refractivity contribution in [3.05, 3.63) is 82.6 Å². The number of nitrogens with one attached hydrogen (secondary N) is 1. The summed E-state index contributed by atoms with van der Waals surface area (Å²) in [5, 5.41) is 3.03. The van der Waals surface area contributed by atoms with Gasteiger partial charge in [0, 0.05) is 16.2 Å². The number of rotatable bonds is 5. The van der Waals surface area contributed by atoms with E-state index in [0.717, 1.165) is 31.2 Å². The molecular weight excluding hydrogens is 389 g/mol. The number of carbonyl (C=O) groups excluding carboxylic acids is 2. The summed E-state index contributed by atoms with van der Waals surface area (Å²) < 4.78 is 13.3. The Labute approximate surface area is 175 Å². The van der Waals surface area contributed by atoms with Gasteiger partial charge in [0.15, 0.2) is 0 Å². The summed E-state index contributed by atoms with van der Waals surface area (Å²) in [7, 11) is 0. The van der Waals surface area contributed by atoms with Gasteiger partial charge in [0.2, 0.25) is 0 Å². The third kappa shape index (κ3) is 5.64. The molecule has 3 nitrogen and oxygen atoms in total. The van der Waals surface area contributed by atoms with E-state index < -0.39 is 17.6 Å². The van der Waals surface area contributed by atoms with Crippen molar-refractivity contribution in [3.8, 4) is 0 Å². The minimum atomic E-state index is -0.548. The second-order valence-electron chi connectivity index (χ2n) is 7.26. The van der Waals surface area contributed by atoms with Crippen molar-refractivity contribution in [2.45, 2.75) is 32.1 Å². The van der Waals surface area contributed by atoms with E-state index >= 15 is 0 Å². The third-order valence-electron chi connectivity index (χ3n) is 5.20. The molecule has 2 aromatic rings. The highest BCUT2D eigenvalue weighted by molar-refractivity contribution is 6.31. The average molecular weight is 412 g/mol. The summed E-state index contributed by atoms with van der Waals surface area (Å²) in [6, 6.07) is 12.5. The van der Waals surface area contributed by atoms with Crippen molar-refractivity contribution >= 4 is 35.1 Å². The number of halogens is 2. The molecule has 1 N–H and O–H groups in total. The normalized spacial score (nSPS) is 15.0. The van der Waals surface area contributed by atoms with E-state index in [1.165, 1.54) is 30.7 Å². The fourth-order valence-corrected chi connectivity index (χ4v) is 3.65. The third-order valence-corrected chi connectivity index (χ3v) is 5.45. The predicted molar refractivity (Wildman–Crippen MR) is 115 cm³/mol. The zero-order chi connectivity index (χ0) is 20.8. The smallest absolute Gasteiger partial charge is 0.258 e. The van der Waals surface area contributed by atoms with E-state index in [1.54, 1.807) is 30.3 Å². The van der Waals surface area contributed by atoms with Crippen LogP contribution in [0.4, 0.5) is 4.39 Å². The maximum Gasteiger partial charge on any atom is 0.258 e. The molecule has 0 spiro atoms. The highest BCUT2D eigenvalue weighted by atomic mass is 35.5. The van der Waals surface area contributed by atoms with Gasteiger partial charge in [0.25, 0.3) is 11.8 Å². The lowest BCUT2D eigenvalue weighted by Crippen LogP contribution is -2.34. The Hall–Kier alpha value is -2.72. The molecule has 0 bridgehead atoms. The summed E-state index contributed by atoms with van der Waals surface area (Å²) in [4.78, 5) is 25.5. The fourth-order valence-electron chi connectivity index (χ4n) is 3.52. The zero-order valence-corrected chi connectivity index (χ0v) is 16.8. The van der Waals surface area contributed by atoms with Crippen LogP contribution in [0.1, 0.15) is 43.2 Å². The summed E-state index contributed by atoms with van der Waals surface area (Å²) in [5.41, 5.74) is 1.96. The molecule has 0 aliphatic heterocycles. The summed E-state index contributed by atoms with van der Waals surface area (Å²) in [6.07, 6.45) is 6.81. The molecular formula is C24H23ClFNO2. The first-order valence-corrected chi connectivity index (χ1v) is 10.1. The molecule has 2 aromatic carbocycles. The lowest BCUT2D eigenvalue weighted by molar-refractivity contribution is -0.125. The van der Waals surface area contributed by atoms with E-state index in [1.807, 2.05) is 0 Å². The molecule has 3 rings (SSSR count). The first kappa shape index (κ1) is 21.0. The molecule has 0 atom stereocenters. The van der Waals surface area contributed by atoms with Crippen LogP contribution in [-0.2, 0) is 9.59 Å². The molecule has 1 saturated carbocycles. The van der Waals surface area contributed by atoms with E-state index in [0.29, 0.717) is 16.2 Å². The molecule has 1 aliphatic rings. The van der Waals surface area contributed by atoms with Crippen molar-refractivity contribution < 1.29 is 14.0 Å². The number of hydrogen-bond donors (Lipinski definition) is 1. The van der Waals surface area contributed by atoms with Crippen molar-refractivity contribution in [2.75, 3.05) is 0 Å². The predicted octanol–water partition coefficient (Wildman–Crippen LogP) is 5.80. The molecule has 2 amide bonds. The maximum atomic E-state index is 13.3. The van der Waals surface area contributed by atoms with Crippen LogP contribution in [0.5, 0.6) is 0 Å². The van der Waals surface area contributed by atoms with Crippen molar-refractivity contribution in [1.29, 1.82) is 0 Å². The minimum Gasteiger partial charge on any atom is -0.288 e. The molecule has 0 saturated heterocycles. The number of carbonyl (C=O) groups is 2. The molecule has 0 unspecified atom stereocenters. The Morgan fingerprint density at radius 2 is 1.59 bits per heavy atom. The molecule has 0 radical (unpaired) electrons. The number of hydrogen-bond acceptors (Lipinski definition) is 2. The Kier molecular flexibility index (Phi) is 6.99. The topological polar surface area (TPSA) is 46.2 Å². The van der Waals surface area contributed by atoms with Gasteiger partial charge in [-0.25, -0.2) is 4.39 Å². The van der Waals surface area contributed by atoms with Crippen LogP contribution in [0, 0.1) is 11.7 Å². The Bertz CT molecular complexity index is 926. The first-order valence-electron chi connectivity index (χ1n) is 9.72. The van der Waals surface area contributed by atoms with Crippen molar-refractivity contribution in [1.82, 2.24) is 5.32 Å². The van der Waals surface area contributed by atoms with Crippen molar-refractivity contribution in [3.63, 3.8) is 0 Å². The average Bonchev–Trinajstić information content (AvgIpc) is 2.74. The van der Waals surface area contributed by atoms with Gasteiger partial charge in [-0.2, -0.15) is 0 Å². The lowest BCUT2D eigenvalue weighted by Gasteiger charge is -2.23. The Morgan fingerprint density at radius 1 is 0.966 bits per heavy atom. The quantitative estimate of drug-likeness (QED) is 0.499. The highest BCUT2D eigenvalue weighted by Gasteiger charge is 2.24. The minimum absolute atomic E-state index is 0.117. The molecule has 0 heterocycles. The van der Waals surface area contributed by atoms with Crippen LogP contribution in [0.3, 0.4) is 0 Å². The van der Waals surface area contributed by atoms with Crippen LogP contribution < -0.4 is 5.32 Å². The van der Waals surface area contributed by atoms with Gasteiger partial charge in [0.05, 0.1) is 0 Å². The van der Waals surface area contributed by atoms with Crippen molar-refractivity contribution in [2.24, 2.45) is 5.92 Å². The Morgan fingerprint density at radius 3 is 2.21 bits per heavy atom. The second kappa shape index (κ2) is 9.66.